The Labute approximate surface area is 177 Å². The van der Waals surface area contributed by atoms with E-state index in [2.05, 4.69) is 28.5 Å². The number of fused-ring (bicyclic) bond motifs is 1. The number of halogens is 1. The van der Waals surface area contributed by atoms with Gasteiger partial charge in [0.2, 0.25) is 0 Å². The summed E-state index contributed by atoms with van der Waals surface area (Å²) >= 11 is 7.74. The molecule has 1 aromatic carbocycles. The third kappa shape index (κ3) is 3.63. The topological polar surface area (TPSA) is 72.9 Å². The van der Waals surface area contributed by atoms with Crippen LogP contribution in [0.25, 0.3) is 16.6 Å². The third-order valence-corrected chi connectivity index (χ3v) is 6.02. The van der Waals surface area contributed by atoms with Crippen molar-refractivity contribution >= 4 is 40.2 Å². The number of hydrogen-bond donors (Lipinski definition) is 1. The molecule has 0 saturated heterocycles. The number of rotatable bonds is 5. The summed E-state index contributed by atoms with van der Waals surface area (Å²) in [4.78, 5) is 16.5. The Hall–Kier alpha value is -2.77. The number of pyridine rings is 1. The van der Waals surface area contributed by atoms with Crippen LogP contribution in [-0.2, 0) is 0 Å². The van der Waals surface area contributed by atoms with Gasteiger partial charge in [-0.05, 0) is 45.0 Å². The summed E-state index contributed by atoms with van der Waals surface area (Å²) in [6.07, 6.45) is 3.85. The number of hydrogen-bond acceptors (Lipinski definition) is 4. The monoisotopic (exact) mass is 426 g/mol. The molecular formula is C21H19ClN4O2S. The molecule has 4 aromatic rings. The predicted octanol–water partition coefficient (Wildman–Crippen LogP) is 5.61. The van der Waals surface area contributed by atoms with Gasteiger partial charge in [-0.1, -0.05) is 35.5 Å². The molecule has 0 aliphatic heterocycles. The molecule has 0 amide bonds. The first-order valence-electron chi connectivity index (χ1n) is 9.08. The molecule has 3 aromatic heterocycles. The molecule has 29 heavy (non-hydrogen) atoms. The summed E-state index contributed by atoms with van der Waals surface area (Å²) in [5.41, 5.74) is 2.95. The van der Waals surface area contributed by atoms with Gasteiger partial charge in [0.05, 0.1) is 17.4 Å². The van der Waals surface area contributed by atoms with Crippen LogP contribution in [0.5, 0.6) is 0 Å². The van der Waals surface area contributed by atoms with Crippen LogP contribution in [0.3, 0.4) is 0 Å². The molecule has 0 radical (unpaired) electrons. The van der Waals surface area contributed by atoms with Crippen LogP contribution >= 0.6 is 23.4 Å². The molecule has 0 aliphatic rings. The highest BCUT2D eigenvalue weighted by Gasteiger charge is 2.19. The minimum atomic E-state index is -1.04. The van der Waals surface area contributed by atoms with Crippen molar-refractivity contribution in [1.29, 1.82) is 0 Å². The van der Waals surface area contributed by atoms with Crippen molar-refractivity contribution < 1.29 is 9.90 Å². The number of aromatic nitrogens is 4. The predicted molar refractivity (Wildman–Crippen MR) is 115 cm³/mol. The highest BCUT2D eigenvalue weighted by molar-refractivity contribution is 7.99. The van der Waals surface area contributed by atoms with Gasteiger partial charge in [-0.2, -0.15) is 5.10 Å². The molecule has 0 bridgehead atoms. The van der Waals surface area contributed by atoms with E-state index < -0.39 is 5.97 Å². The normalized spacial score (nSPS) is 11.5. The van der Waals surface area contributed by atoms with Crippen molar-refractivity contribution in [3.8, 4) is 5.69 Å². The third-order valence-electron chi connectivity index (χ3n) is 4.63. The second kappa shape index (κ2) is 7.57. The van der Waals surface area contributed by atoms with Crippen molar-refractivity contribution in [1.82, 2.24) is 19.3 Å². The summed E-state index contributed by atoms with van der Waals surface area (Å²) < 4.78 is 4.03. The molecule has 0 unspecified atom stereocenters. The Morgan fingerprint density at radius 1 is 1.24 bits per heavy atom. The summed E-state index contributed by atoms with van der Waals surface area (Å²) in [6, 6.07) is 11.0. The molecule has 0 saturated carbocycles. The van der Waals surface area contributed by atoms with Crippen molar-refractivity contribution in [2.24, 2.45) is 0 Å². The van der Waals surface area contributed by atoms with Gasteiger partial charge >= 0.3 is 5.97 Å². The summed E-state index contributed by atoms with van der Waals surface area (Å²) in [6.45, 7) is 6.19. The molecular weight excluding hydrogens is 408 g/mol. The van der Waals surface area contributed by atoms with E-state index in [4.69, 9.17) is 11.6 Å². The van der Waals surface area contributed by atoms with E-state index in [1.165, 1.54) is 17.8 Å². The number of carbonyl (C=O) groups is 1. The standard InChI is InChI=1S/C21H19ClN4O2S/c1-12(2)25-11-15(10-23-25)26-13(3)20(16-8-7-14(22)9-18(16)26)29-19-6-4-5-17(24-19)21(27)28/h4-12H,1-3H3,(H,27,28). The second-order valence-corrected chi connectivity index (χ2v) is 8.42. The van der Waals surface area contributed by atoms with Gasteiger partial charge in [0, 0.05) is 33.2 Å². The smallest absolute Gasteiger partial charge is 0.354 e. The molecule has 0 fully saturated rings. The quantitative estimate of drug-likeness (QED) is 0.448. The maximum atomic E-state index is 11.3. The Morgan fingerprint density at radius 2 is 2.03 bits per heavy atom. The number of aromatic carboxylic acids is 1. The van der Waals surface area contributed by atoms with E-state index in [0.29, 0.717) is 10.0 Å². The van der Waals surface area contributed by atoms with Crippen LogP contribution < -0.4 is 0 Å². The first-order chi connectivity index (χ1) is 13.8. The van der Waals surface area contributed by atoms with Gasteiger partial charge in [-0.15, -0.1) is 0 Å². The number of benzene rings is 1. The van der Waals surface area contributed by atoms with Crippen molar-refractivity contribution in [2.45, 2.75) is 36.7 Å². The Kier molecular flexibility index (Phi) is 5.10. The zero-order chi connectivity index (χ0) is 20.7. The Balaban J connectivity index is 1.88. The van der Waals surface area contributed by atoms with Crippen LogP contribution in [0.2, 0.25) is 5.02 Å². The molecule has 3 heterocycles. The lowest BCUT2D eigenvalue weighted by atomic mass is 10.2. The van der Waals surface area contributed by atoms with Crippen molar-refractivity contribution in [3.05, 3.63) is 65.2 Å². The first kappa shape index (κ1) is 19.5. The maximum absolute atomic E-state index is 11.3. The van der Waals surface area contributed by atoms with Gasteiger partial charge in [0.25, 0.3) is 0 Å². The summed E-state index contributed by atoms with van der Waals surface area (Å²) in [7, 11) is 0. The van der Waals surface area contributed by atoms with Gasteiger partial charge in [-0.3, -0.25) is 4.68 Å². The van der Waals surface area contributed by atoms with E-state index >= 15 is 0 Å². The van der Waals surface area contributed by atoms with Crippen LogP contribution in [0, 0.1) is 6.92 Å². The fraction of sp³-hybridized carbons (Fsp3) is 0.190. The Bertz CT molecular complexity index is 1230. The fourth-order valence-electron chi connectivity index (χ4n) is 3.24. The largest absolute Gasteiger partial charge is 0.477 e. The molecule has 148 valence electrons. The SMILES string of the molecule is Cc1c(Sc2cccc(C(=O)O)n2)c2ccc(Cl)cc2n1-c1cnn(C(C)C)c1. The molecule has 0 spiro atoms. The maximum Gasteiger partial charge on any atom is 0.354 e. The molecule has 0 atom stereocenters. The van der Waals surface area contributed by atoms with E-state index in [-0.39, 0.29) is 11.7 Å². The lowest BCUT2D eigenvalue weighted by Gasteiger charge is -2.07. The average Bonchev–Trinajstić information content (AvgIpc) is 3.25. The lowest BCUT2D eigenvalue weighted by Crippen LogP contribution is -2.01. The highest BCUT2D eigenvalue weighted by atomic mass is 35.5. The van der Waals surface area contributed by atoms with Gasteiger partial charge < -0.3 is 9.67 Å². The minimum Gasteiger partial charge on any atom is -0.477 e. The lowest BCUT2D eigenvalue weighted by molar-refractivity contribution is 0.0689. The number of carboxylic acids is 1. The van der Waals surface area contributed by atoms with E-state index in [1.54, 1.807) is 6.07 Å². The van der Waals surface area contributed by atoms with Crippen LogP contribution in [0.1, 0.15) is 36.1 Å². The van der Waals surface area contributed by atoms with Crippen molar-refractivity contribution in [3.63, 3.8) is 0 Å². The first-order valence-corrected chi connectivity index (χ1v) is 10.3. The van der Waals surface area contributed by atoms with E-state index in [9.17, 15) is 9.90 Å². The zero-order valence-electron chi connectivity index (χ0n) is 16.1. The van der Waals surface area contributed by atoms with E-state index in [0.717, 1.165) is 27.2 Å². The van der Waals surface area contributed by atoms with Crippen LogP contribution in [-0.4, -0.2) is 30.4 Å². The molecule has 6 nitrogen and oxygen atoms in total. The zero-order valence-corrected chi connectivity index (χ0v) is 17.7. The fourth-order valence-corrected chi connectivity index (χ4v) is 4.43. The number of carboxylic acid groups (broad SMARTS) is 1. The molecule has 8 heteroatoms. The molecule has 4 rings (SSSR count). The minimum absolute atomic E-state index is 0.0256. The van der Waals surface area contributed by atoms with E-state index in [1.807, 2.05) is 48.3 Å². The van der Waals surface area contributed by atoms with Crippen LogP contribution in [0.15, 0.2) is 58.7 Å². The van der Waals surface area contributed by atoms with Gasteiger partial charge in [0.1, 0.15) is 10.7 Å². The summed E-state index contributed by atoms with van der Waals surface area (Å²) in [5, 5.41) is 16.0. The number of nitrogens with zero attached hydrogens (tertiary/aromatic N) is 4. The van der Waals surface area contributed by atoms with Crippen LogP contribution in [0.4, 0.5) is 0 Å². The molecule has 0 aliphatic carbocycles. The summed E-state index contributed by atoms with van der Waals surface area (Å²) in [5.74, 6) is -1.04. The van der Waals surface area contributed by atoms with Gasteiger partial charge in [-0.25, -0.2) is 9.78 Å². The van der Waals surface area contributed by atoms with Gasteiger partial charge in [0.15, 0.2) is 0 Å². The molecule has 1 N–H and O–H groups in total. The second-order valence-electron chi connectivity index (χ2n) is 6.95. The van der Waals surface area contributed by atoms with Crippen molar-refractivity contribution in [2.75, 3.05) is 0 Å². The highest BCUT2D eigenvalue weighted by Crippen LogP contribution is 2.40. The average molecular weight is 427 g/mol. The Morgan fingerprint density at radius 3 is 2.72 bits per heavy atom.